The van der Waals surface area contributed by atoms with Crippen LogP contribution < -0.4 is 10.1 Å². The number of para-hydroxylation sites is 1. The monoisotopic (exact) mass is 349 g/mol. The molecule has 3 N–H and O–H groups in total. The summed E-state index contributed by atoms with van der Waals surface area (Å²) in [6, 6.07) is 4.41. The number of carboxylic acid groups (broad SMARTS) is 1. The van der Waals surface area contributed by atoms with Crippen molar-refractivity contribution in [1.29, 1.82) is 0 Å². The van der Waals surface area contributed by atoms with E-state index in [0.29, 0.717) is 0 Å². The molecule has 1 aliphatic carbocycles. The molecule has 138 valence electrons. The Kier molecular flexibility index (Phi) is 6.42. The number of benzene rings is 1. The first-order valence-electron chi connectivity index (χ1n) is 8.77. The number of methoxy groups -OCH3 is 1. The molecule has 1 fully saturated rings. The molecule has 1 saturated carbocycles. The van der Waals surface area contributed by atoms with Crippen molar-refractivity contribution in [3.8, 4) is 5.75 Å². The summed E-state index contributed by atoms with van der Waals surface area (Å²) >= 11 is 0. The maximum absolute atomic E-state index is 12.5. The van der Waals surface area contributed by atoms with E-state index in [4.69, 9.17) is 4.74 Å². The van der Waals surface area contributed by atoms with Gasteiger partial charge in [-0.2, -0.15) is 0 Å². The molecule has 0 saturated heterocycles. The van der Waals surface area contributed by atoms with Crippen LogP contribution in [0.4, 0.5) is 0 Å². The normalized spacial score (nSPS) is 18.0. The molecular formula is C19H27NO5. The third-order valence-electron chi connectivity index (χ3n) is 5.04. The lowest BCUT2D eigenvalue weighted by Gasteiger charge is -2.32. The molecule has 0 spiro atoms. The van der Waals surface area contributed by atoms with E-state index in [-0.39, 0.29) is 29.3 Å². The summed E-state index contributed by atoms with van der Waals surface area (Å²) in [7, 11) is 1.33. The number of rotatable bonds is 6. The third-order valence-corrected chi connectivity index (χ3v) is 5.04. The van der Waals surface area contributed by atoms with Crippen LogP contribution in [0, 0.1) is 5.92 Å². The van der Waals surface area contributed by atoms with Crippen molar-refractivity contribution in [2.75, 3.05) is 13.7 Å². The Balaban J connectivity index is 2.09. The Bertz CT molecular complexity index is 618. The second kappa shape index (κ2) is 8.34. The molecule has 2 rings (SSSR count). The van der Waals surface area contributed by atoms with Crippen LogP contribution in [0.5, 0.6) is 5.75 Å². The van der Waals surface area contributed by atoms with E-state index >= 15 is 0 Å². The van der Waals surface area contributed by atoms with Gasteiger partial charge in [-0.05, 0) is 37.8 Å². The first-order chi connectivity index (χ1) is 11.9. The second-order valence-corrected chi connectivity index (χ2v) is 6.92. The van der Waals surface area contributed by atoms with E-state index < -0.39 is 17.5 Å². The summed E-state index contributed by atoms with van der Waals surface area (Å²) in [5, 5.41) is 22.7. The number of carbonyl (C=O) groups excluding carboxylic acids is 1. The smallest absolute Gasteiger partial charge is 0.339 e. The number of carbonyl (C=O) groups is 2. The maximum Gasteiger partial charge on any atom is 0.339 e. The fraction of sp³-hybridized carbons (Fsp3) is 0.579. The lowest BCUT2D eigenvalue weighted by Crippen LogP contribution is -2.46. The minimum Gasteiger partial charge on any atom is -0.495 e. The van der Waals surface area contributed by atoms with Gasteiger partial charge in [-0.3, -0.25) is 4.79 Å². The van der Waals surface area contributed by atoms with Crippen LogP contribution in [0.2, 0.25) is 0 Å². The summed E-state index contributed by atoms with van der Waals surface area (Å²) in [5.41, 5.74) is -0.901. The van der Waals surface area contributed by atoms with Gasteiger partial charge in [0.2, 0.25) is 0 Å². The van der Waals surface area contributed by atoms with Gasteiger partial charge in [0, 0.05) is 6.54 Å². The Morgan fingerprint density at radius 3 is 2.36 bits per heavy atom. The molecule has 6 nitrogen and oxygen atoms in total. The van der Waals surface area contributed by atoms with Crippen LogP contribution in [0.3, 0.4) is 0 Å². The maximum atomic E-state index is 12.5. The van der Waals surface area contributed by atoms with Gasteiger partial charge < -0.3 is 20.3 Å². The van der Waals surface area contributed by atoms with Crippen molar-refractivity contribution in [3.05, 3.63) is 29.3 Å². The number of hydrogen-bond acceptors (Lipinski definition) is 4. The molecule has 6 heteroatoms. The zero-order valence-electron chi connectivity index (χ0n) is 14.9. The Morgan fingerprint density at radius 1 is 1.20 bits per heavy atom. The van der Waals surface area contributed by atoms with Gasteiger partial charge in [0.25, 0.3) is 5.91 Å². The summed E-state index contributed by atoms with van der Waals surface area (Å²) in [5.74, 6) is -1.42. The molecule has 1 aromatic carbocycles. The lowest BCUT2D eigenvalue weighted by atomic mass is 9.83. The van der Waals surface area contributed by atoms with Gasteiger partial charge in [-0.15, -0.1) is 0 Å². The SMILES string of the molecule is COc1c(C(=O)O)cccc1C(=O)NCC(C)(O)C1CCCCCC1. The number of hydrogen-bond donors (Lipinski definition) is 3. The zero-order chi connectivity index (χ0) is 18.4. The van der Waals surface area contributed by atoms with Gasteiger partial charge in [0.05, 0.1) is 18.3 Å². The molecule has 1 aliphatic rings. The predicted molar refractivity (Wildman–Crippen MR) is 94.1 cm³/mol. The molecule has 1 aromatic rings. The summed E-state index contributed by atoms with van der Waals surface area (Å²) in [6.07, 6.45) is 6.50. The van der Waals surface area contributed by atoms with Crippen LogP contribution in [0.1, 0.15) is 66.2 Å². The van der Waals surface area contributed by atoms with Crippen LogP contribution in [0.25, 0.3) is 0 Å². The Morgan fingerprint density at radius 2 is 1.80 bits per heavy atom. The topological polar surface area (TPSA) is 95.9 Å². The molecule has 1 atom stereocenters. The zero-order valence-corrected chi connectivity index (χ0v) is 14.9. The first kappa shape index (κ1) is 19.2. The van der Waals surface area contributed by atoms with Gasteiger partial charge >= 0.3 is 5.97 Å². The Hall–Kier alpha value is -2.08. The van der Waals surface area contributed by atoms with E-state index in [0.717, 1.165) is 25.7 Å². The molecular weight excluding hydrogens is 322 g/mol. The minimum absolute atomic E-state index is 0.0293. The predicted octanol–water partition coefficient (Wildman–Crippen LogP) is 2.84. The van der Waals surface area contributed by atoms with E-state index in [1.807, 2.05) is 0 Å². The minimum atomic E-state index is -1.16. The molecule has 0 bridgehead atoms. The number of amides is 1. The number of aliphatic hydroxyl groups is 1. The van der Waals surface area contributed by atoms with Crippen LogP contribution in [0.15, 0.2) is 18.2 Å². The van der Waals surface area contributed by atoms with Crippen molar-refractivity contribution in [2.24, 2.45) is 5.92 Å². The quantitative estimate of drug-likeness (QED) is 0.686. The van der Waals surface area contributed by atoms with Crippen LogP contribution in [-0.2, 0) is 0 Å². The van der Waals surface area contributed by atoms with Crippen LogP contribution >= 0.6 is 0 Å². The van der Waals surface area contributed by atoms with Crippen molar-refractivity contribution in [3.63, 3.8) is 0 Å². The molecule has 1 unspecified atom stereocenters. The fourth-order valence-corrected chi connectivity index (χ4v) is 3.50. The molecule has 0 heterocycles. The standard InChI is InChI=1S/C19H27NO5/c1-19(24,13-8-5-3-4-6-9-13)12-20-17(21)14-10-7-11-15(18(22)23)16(14)25-2/h7,10-11,13,24H,3-6,8-9,12H2,1-2H3,(H,20,21)(H,22,23). The number of nitrogens with one attached hydrogen (secondary N) is 1. The highest BCUT2D eigenvalue weighted by atomic mass is 16.5. The summed E-state index contributed by atoms with van der Waals surface area (Å²) < 4.78 is 5.12. The molecule has 25 heavy (non-hydrogen) atoms. The summed E-state index contributed by atoms with van der Waals surface area (Å²) in [4.78, 5) is 23.8. The van der Waals surface area contributed by atoms with Crippen molar-refractivity contribution in [1.82, 2.24) is 5.32 Å². The molecule has 0 aliphatic heterocycles. The average Bonchev–Trinajstić information content (AvgIpc) is 2.88. The molecule has 0 aromatic heterocycles. The largest absolute Gasteiger partial charge is 0.495 e. The first-order valence-corrected chi connectivity index (χ1v) is 8.77. The highest BCUT2D eigenvalue weighted by molar-refractivity contribution is 6.01. The molecule has 1 amide bonds. The van der Waals surface area contributed by atoms with Crippen molar-refractivity contribution < 1.29 is 24.5 Å². The lowest BCUT2D eigenvalue weighted by molar-refractivity contribution is -0.00586. The number of aromatic carboxylic acids is 1. The van der Waals surface area contributed by atoms with Gasteiger partial charge in [-0.1, -0.05) is 31.7 Å². The van der Waals surface area contributed by atoms with Gasteiger partial charge in [0.1, 0.15) is 11.3 Å². The van der Waals surface area contributed by atoms with Crippen molar-refractivity contribution in [2.45, 2.75) is 51.0 Å². The van der Waals surface area contributed by atoms with Crippen LogP contribution in [-0.4, -0.2) is 41.3 Å². The number of ether oxygens (including phenoxy) is 1. The van der Waals surface area contributed by atoms with Crippen molar-refractivity contribution >= 4 is 11.9 Å². The highest BCUT2D eigenvalue weighted by Crippen LogP contribution is 2.31. The van der Waals surface area contributed by atoms with E-state index in [9.17, 15) is 19.8 Å². The van der Waals surface area contributed by atoms with E-state index in [1.54, 1.807) is 6.92 Å². The highest BCUT2D eigenvalue weighted by Gasteiger charge is 2.33. The van der Waals surface area contributed by atoms with E-state index in [2.05, 4.69) is 5.32 Å². The summed E-state index contributed by atoms with van der Waals surface area (Å²) in [6.45, 7) is 1.88. The fourth-order valence-electron chi connectivity index (χ4n) is 3.50. The average molecular weight is 349 g/mol. The van der Waals surface area contributed by atoms with Gasteiger partial charge in [-0.25, -0.2) is 4.79 Å². The number of carboxylic acids is 1. The van der Waals surface area contributed by atoms with E-state index in [1.165, 1.54) is 38.2 Å². The third kappa shape index (κ3) is 4.72. The Labute approximate surface area is 148 Å². The molecule has 0 radical (unpaired) electrons. The van der Waals surface area contributed by atoms with Gasteiger partial charge in [0.15, 0.2) is 0 Å². The second-order valence-electron chi connectivity index (χ2n) is 6.92.